The molecule has 9 rings (SSSR count). The zero-order valence-electron chi connectivity index (χ0n) is 24.3. The van der Waals surface area contributed by atoms with Crippen molar-refractivity contribution in [2.24, 2.45) is 0 Å². The largest absolute Gasteiger partial charge is 0.456 e. The first-order valence-electron chi connectivity index (χ1n) is 15.2. The molecule has 3 heteroatoms. The maximum Gasteiger partial charge on any atom is 0.160 e. The van der Waals surface area contributed by atoms with Gasteiger partial charge >= 0.3 is 0 Å². The van der Waals surface area contributed by atoms with Crippen molar-refractivity contribution < 1.29 is 4.42 Å². The summed E-state index contributed by atoms with van der Waals surface area (Å²) in [6, 6.07) is 55.0. The van der Waals surface area contributed by atoms with E-state index in [2.05, 4.69) is 140 Å². The normalized spacial score (nSPS) is 11.6. The summed E-state index contributed by atoms with van der Waals surface area (Å²) in [4.78, 5) is 10.4. The van der Waals surface area contributed by atoms with Gasteiger partial charge in [0.25, 0.3) is 0 Å². The molecule has 210 valence electrons. The summed E-state index contributed by atoms with van der Waals surface area (Å²) < 4.78 is 6.46. The molecule has 0 aliphatic rings. The maximum atomic E-state index is 6.46. The molecule has 0 saturated heterocycles. The van der Waals surface area contributed by atoms with Crippen molar-refractivity contribution in [2.75, 3.05) is 0 Å². The van der Waals surface area contributed by atoms with Crippen molar-refractivity contribution in [3.63, 3.8) is 0 Å². The molecule has 0 amide bonds. The topological polar surface area (TPSA) is 38.9 Å². The zero-order valence-corrected chi connectivity index (χ0v) is 24.3. The first kappa shape index (κ1) is 25.4. The van der Waals surface area contributed by atoms with Crippen LogP contribution < -0.4 is 0 Å². The summed E-state index contributed by atoms with van der Waals surface area (Å²) >= 11 is 0. The monoisotopic (exact) mass is 574 g/mol. The van der Waals surface area contributed by atoms with Gasteiger partial charge in [-0.3, -0.25) is 0 Å². The molecule has 0 aliphatic carbocycles. The minimum Gasteiger partial charge on any atom is -0.456 e. The first-order chi connectivity index (χ1) is 22.3. The average molecular weight is 575 g/mol. The van der Waals surface area contributed by atoms with Crippen molar-refractivity contribution in [1.29, 1.82) is 0 Å². The lowest BCUT2D eigenvalue weighted by atomic mass is 9.95. The van der Waals surface area contributed by atoms with E-state index >= 15 is 0 Å². The van der Waals surface area contributed by atoms with E-state index in [9.17, 15) is 0 Å². The van der Waals surface area contributed by atoms with E-state index in [0.717, 1.165) is 66.5 Å². The standard InChI is InChI=1S/C42H26N2O/c1-2-12-29(13-3-1)34-16-8-18-38-40(34)41-35(17-9-19-39(41)45-38)37-26-36(32-22-20-27-10-4-6-14-30(27)24-32)43-42(44-37)33-23-21-28-11-5-7-15-31(28)25-33/h1-26H. The molecule has 0 spiro atoms. The van der Waals surface area contributed by atoms with Crippen molar-refractivity contribution in [3.8, 4) is 45.0 Å². The SMILES string of the molecule is c1ccc(-c2cccc3oc4cccc(-c5cc(-c6ccc7ccccc7c6)nc(-c6ccc7ccccc7c6)n5)c4c23)cc1. The van der Waals surface area contributed by atoms with Crippen molar-refractivity contribution in [3.05, 3.63) is 158 Å². The number of benzene rings is 7. The molecule has 0 radical (unpaired) electrons. The fourth-order valence-corrected chi connectivity index (χ4v) is 6.48. The number of hydrogen-bond donors (Lipinski definition) is 0. The van der Waals surface area contributed by atoms with E-state index in [1.807, 2.05) is 18.2 Å². The highest BCUT2D eigenvalue weighted by Gasteiger charge is 2.19. The van der Waals surface area contributed by atoms with Crippen LogP contribution in [0.3, 0.4) is 0 Å². The summed E-state index contributed by atoms with van der Waals surface area (Å²) in [5, 5.41) is 6.88. The second kappa shape index (κ2) is 10.3. The van der Waals surface area contributed by atoms with E-state index in [-0.39, 0.29) is 0 Å². The van der Waals surface area contributed by atoms with Crippen LogP contribution in [-0.2, 0) is 0 Å². The molecule has 2 heterocycles. The minimum absolute atomic E-state index is 0.689. The fourth-order valence-electron chi connectivity index (χ4n) is 6.48. The molecule has 3 nitrogen and oxygen atoms in total. The number of rotatable bonds is 4. The lowest BCUT2D eigenvalue weighted by Gasteiger charge is -2.12. The minimum atomic E-state index is 0.689. The van der Waals surface area contributed by atoms with Crippen LogP contribution in [-0.4, -0.2) is 9.97 Å². The van der Waals surface area contributed by atoms with E-state index in [1.54, 1.807) is 0 Å². The molecule has 0 unspecified atom stereocenters. The molecule has 9 aromatic rings. The van der Waals surface area contributed by atoms with Crippen molar-refractivity contribution in [1.82, 2.24) is 9.97 Å². The number of furan rings is 1. The molecule has 0 atom stereocenters. The Kier molecular flexibility index (Phi) is 5.82. The van der Waals surface area contributed by atoms with Gasteiger partial charge in [-0.15, -0.1) is 0 Å². The van der Waals surface area contributed by atoms with Crippen LogP contribution in [0.1, 0.15) is 0 Å². The van der Waals surface area contributed by atoms with Crippen LogP contribution in [0.5, 0.6) is 0 Å². The molecule has 7 aromatic carbocycles. The van der Waals surface area contributed by atoms with E-state index in [0.29, 0.717) is 5.82 Å². The van der Waals surface area contributed by atoms with Gasteiger partial charge in [0.2, 0.25) is 0 Å². The summed E-state index contributed by atoms with van der Waals surface area (Å²) in [6.45, 7) is 0. The number of nitrogens with zero attached hydrogens (tertiary/aromatic N) is 2. The van der Waals surface area contributed by atoms with Gasteiger partial charge in [0.05, 0.1) is 11.4 Å². The average Bonchev–Trinajstić information content (AvgIpc) is 3.51. The molecule has 0 aliphatic heterocycles. The summed E-state index contributed by atoms with van der Waals surface area (Å²) in [5.74, 6) is 0.689. The Hall–Kier alpha value is -6.06. The molecular weight excluding hydrogens is 548 g/mol. The quantitative estimate of drug-likeness (QED) is 0.210. The van der Waals surface area contributed by atoms with Gasteiger partial charge in [0.1, 0.15) is 11.2 Å². The smallest absolute Gasteiger partial charge is 0.160 e. The lowest BCUT2D eigenvalue weighted by Crippen LogP contribution is -1.96. The zero-order chi connectivity index (χ0) is 29.7. The van der Waals surface area contributed by atoms with E-state index < -0.39 is 0 Å². The molecule has 0 bridgehead atoms. The lowest BCUT2D eigenvalue weighted by molar-refractivity contribution is 0.669. The van der Waals surface area contributed by atoms with Gasteiger partial charge in [0, 0.05) is 27.5 Å². The Morgan fingerprint density at radius 3 is 1.62 bits per heavy atom. The summed E-state index contributed by atoms with van der Waals surface area (Å²) in [7, 11) is 0. The number of aromatic nitrogens is 2. The highest BCUT2D eigenvalue weighted by Crippen LogP contribution is 2.42. The third kappa shape index (κ3) is 4.37. The molecule has 0 saturated carbocycles. The van der Waals surface area contributed by atoms with Crippen LogP contribution >= 0.6 is 0 Å². The van der Waals surface area contributed by atoms with Gasteiger partial charge in [0.15, 0.2) is 5.82 Å². The second-order valence-electron chi connectivity index (χ2n) is 11.4. The Labute approximate surface area is 260 Å². The molecule has 0 N–H and O–H groups in total. The predicted octanol–water partition coefficient (Wildman–Crippen LogP) is 11.4. The predicted molar refractivity (Wildman–Crippen MR) is 186 cm³/mol. The van der Waals surface area contributed by atoms with Crippen LogP contribution in [0, 0.1) is 0 Å². The Morgan fingerprint density at radius 1 is 0.356 bits per heavy atom. The third-order valence-corrected chi connectivity index (χ3v) is 8.66. The van der Waals surface area contributed by atoms with Gasteiger partial charge in [-0.05, 0) is 63.0 Å². The van der Waals surface area contributed by atoms with Crippen molar-refractivity contribution in [2.45, 2.75) is 0 Å². The molecule has 45 heavy (non-hydrogen) atoms. The molecule has 2 aromatic heterocycles. The van der Waals surface area contributed by atoms with Crippen LogP contribution in [0.25, 0.3) is 88.5 Å². The van der Waals surface area contributed by atoms with Crippen molar-refractivity contribution >= 4 is 43.5 Å². The Balaban J connectivity index is 1.33. The van der Waals surface area contributed by atoms with Gasteiger partial charge in [-0.1, -0.05) is 127 Å². The highest BCUT2D eigenvalue weighted by atomic mass is 16.3. The summed E-state index contributed by atoms with van der Waals surface area (Å²) in [5.41, 5.74) is 8.76. The molecule has 0 fully saturated rings. The first-order valence-corrected chi connectivity index (χ1v) is 15.2. The van der Waals surface area contributed by atoms with Crippen LogP contribution in [0.2, 0.25) is 0 Å². The van der Waals surface area contributed by atoms with Crippen LogP contribution in [0.4, 0.5) is 0 Å². The van der Waals surface area contributed by atoms with Gasteiger partial charge in [-0.2, -0.15) is 0 Å². The molecular formula is C42H26N2O. The number of hydrogen-bond acceptors (Lipinski definition) is 3. The van der Waals surface area contributed by atoms with E-state index in [4.69, 9.17) is 14.4 Å². The highest BCUT2D eigenvalue weighted by molar-refractivity contribution is 6.17. The Bertz CT molecular complexity index is 2450. The summed E-state index contributed by atoms with van der Waals surface area (Å²) in [6.07, 6.45) is 0. The third-order valence-electron chi connectivity index (χ3n) is 8.66. The second-order valence-corrected chi connectivity index (χ2v) is 11.4. The maximum absolute atomic E-state index is 6.46. The van der Waals surface area contributed by atoms with Crippen LogP contribution in [0.15, 0.2) is 162 Å². The number of fused-ring (bicyclic) bond motifs is 5. The fraction of sp³-hybridized carbons (Fsp3) is 0. The van der Waals surface area contributed by atoms with E-state index in [1.165, 1.54) is 16.2 Å². The van der Waals surface area contributed by atoms with Gasteiger partial charge in [-0.25, -0.2) is 9.97 Å². The Morgan fingerprint density at radius 2 is 0.911 bits per heavy atom. The van der Waals surface area contributed by atoms with Gasteiger partial charge < -0.3 is 4.42 Å².